The number of para-hydroxylation sites is 1. The molecule has 5 nitrogen and oxygen atoms in total. The molecule has 5 heteroatoms. The van der Waals surface area contributed by atoms with Gasteiger partial charge in [0.25, 0.3) is 0 Å². The Morgan fingerprint density at radius 2 is 1.88 bits per heavy atom. The predicted molar refractivity (Wildman–Crippen MR) is 61.5 cm³/mol. The molecule has 0 aliphatic rings. The number of aromatic nitrogens is 1. The number of H-pyrrole nitrogens is 1. The molecule has 0 aliphatic carbocycles. The van der Waals surface area contributed by atoms with Crippen molar-refractivity contribution in [3.05, 3.63) is 42.1 Å². The Morgan fingerprint density at radius 3 is 2.47 bits per heavy atom. The van der Waals surface area contributed by atoms with Crippen LogP contribution in [-0.4, -0.2) is 27.1 Å². The summed E-state index contributed by atoms with van der Waals surface area (Å²) in [6.07, 6.45) is 0.674. The first-order valence-electron chi connectivity index (χ1n) is 4.84. The molecule has 1 aromatic heterocycles. The number of nitrogens with one attached hydrogen (secondary N) is 1. The minimum atomic E-state index is -1.29. The van der Waals surface area contributed by atoms with E-state index < -0.39 is 11.9 Å². The third-order valence-corrected chi connectivity index (χ3v) is 2.32. The molecule has 0 amide bonds. The van der Waals surface area contributed by atoms with Gasteiger partial charge in [0.1, 0.15) is 0 Å². The lowest BCUT2D eigenvalue weighted by Crippen LogP contribution is -2.03. The van der Waals surface area contributed by atoms with Gasteiger partial charge in [0.15, 0.2) is 0 Å². The van der Waals surface area contributed by atoms with E-state index in [1.54, 1.807) is 12.1 Å². The van der Waals surface area contributed by atoms with Crippen molar-refractivity contribution in [1.29, 1.82) is 0 Å². The summed E-state index contributed by atoms with van der Waals surface area (Å²) in [4.78, 5) is 24.4. The van der Waals surface area contributed by atoms with Gasteiger partial charge in [-0.25, -0.2) is 9.59 Å². The molecular formula is C12H9NO4. The number of benzene rings is 1. The van der Waals surface area contributed by atoms with Gasteiger partial charge in [0.2, 0.25) is 0 Å². The average molecular weight is 231 g/mol. The Bertz CT molecular complexity index is 591. The Kier molecular flexibility index (Phi) is 2.66. The second kappa shape index (κ2) is 4.13. The molecule has 3 N–H and O–H groups in total. The van der Waals surface area contributed by atoms with E-state index in [4.69, 9.17) is 10.2 Å². The number of carbonyl (C=O) groups is 2. The largest absolute Gasteiger partial charge is 0.478 e. The second-order valence-corrected chi connectivity index (χ2v) is 3.47. The predicted octanol–water partition coefficient (Wildman–Crippen LogP) is 1.72. The molecule has 0 fully saturated rings. The van der Waals surface area contributed by atoms with Crippen LogP contribution in [0, 0.1) is 0 Å². The third-order valence-electron chi connectivity index (χ3n) is 2.32. The average Bonchev–Trinajstić information content (AvgIpc) is 2.68. The van der Waals surface area contributed by atoms with Crippen LogP contribution in [0.5, 0.6) is 0 Å². The summed E-state index contributed by atoms with van der Waals surface area (Å²) in [6, 6.07) is 8.85. The van der Waals surface area contributed by atoms with Crippen LogP contribution in [0.1, 0.15) is 5.69 Å². The van der Waals surface area contributed by atoms with Gasteiger partial charge in [-0.05, 0) is 12.1 Å². The summed E-state index contributed by atoms with van der Waals surface area (Å²) in [5, 5.41) is 18.4. The Morgan fingerprint density at radius 1 is 1.18 bits per heavy atom. The zero-order chi connectivity index (χ0) is 12.4. The first-order chi connectivity index (χ1) is 8.08. The van der Waals surface area contributed by atoms with Crippen molar-refractivity contribution in [1.82, 2.24) is 4.98 Å². The lowest BCUT2D eigenvalue weighted by molar-refractivity contribution is -0.133. The van der Waals surface area contributed by atoms with Crippen molar-refractivity contribution in [3.8, 4) is 0 Å². The number of hydrogen-bond donors (Lipinski definition) is 3. The highest BCUT2D eigenvalue weighted by atomic mass is 16.4. The summed E-state index contributed by atoms with van der Waals surface area (Å²) < 4.78 is 0. The zero-order valence-corrected chi connectivity index (χ0v) is 8.68. The van der Waals surface area contributed by atoms with Crippen LogP contribution >= 0.6 is 0 Å². The van der Waals surface area contributed by atoms with Gasteiger partial charge in [0.05, 0.1) is 11.3 Å². The van der Waals surface area contributed by atoms with E-state index in [1.807, 2.05) is 18.2 Å². The molecule has 86 valence electrons. The number of rotatable bonds is 3. The summed E-state index contributed by atoms with van der Waals surface area (Å²) in [5.41, 5.74) is 0.773. The second-order valence-electron chi connectivity index (χ2n) is 3.47. The van der Waals surface area contributed by atoms with E-state index in [2.05, 4.69) is 4.98 Å². The van der Waals surface area contributed by atoms with Crippen molar-refractivity contribution >= 4 is 28.4 Å². The smallest absolute Gasteiger partial charge is 0.338 e. The van der Waals surface area contributed by atoms with Crippen LogP contribution < -0.4 is 0 Å². The number of fused-ring (bicyclic) bond motifs is 1. The highest BCUT2D eigenvalue weighted by Gasteiger charge is 2.14. The molecule has 0 unspecified atom stereocenters. The molecule has 17 heavy (non-hydrogen) atoms. The molecule has 2 aromatic rings. The van der Waals surface area contributed by atoms with Gasteiger partial charge in [-0.2, -0.15) is 0 Å². The standard InChI is InChI=1S/C12H9NO4/c14-11(15)6-8(12(16)17)10-5-7-3-1-2-4-9(7)13-10/h1-6,13H,(H,14,15)(H,16,17). The third kappa shape index (κ3) is 2.17. The minimum Gasteiger partial charge on any atom is -0.478 e. The molecule has 0 spiro atoms. The monoisotopic (exact) mass is 231 g/mol. The van der Waals surface area contributed by atoms with Crippen LogP contribution in [0.25, 0.3) is 16.5 Å². The lowest BCUT2D eigenvalue weighted by atomic mass is 10.1. The summed E-state index contributed by atoms with van der Waals surface area (Å²) >= 11 is 0. The zero-order valence-electron chi connectivity index (χ0n) is 8.68. The van der Waals surface area contributed by atoms with Crippen molar-refractivity contribution in [2.45, 2.75) is 0 Å². The van der Waals surface area contributed by atoms with Gasteiger partial charge in [-0.15, -0.1) is 0 Å². The fraction of sp³-hybridized carbons (Fsp3) is 0. The highest BCUT2D eigenvalue weighted by Crippen LogP contribution is 2.20. The summed E-state index contributed by atoms with van der Waals surface area (Å²) in [7, 11) is 0. The maximum atomic E-state index is 11.0. The molecule has 0 saturated heterocycles. The quantitative estimate of drug-likeness (QED) is 0.701. The Labute approximate surface area is 96.0 Å². The maximum Gasteiger partial charge on any atom is 0.338 e. The fourth-order valence-electron chi connectivity index (χ4n) is 1.60. The van der Waals surface area contributed by atoms with E-state index >= 15 is 0 Å². The molecule has 0 aliphatic heterocycles. The first-order valence-corrected chi connectivity index (χ1v) is 4.84. The molecule has 0 radical (unpaired) electrons. The number of carboxylic acids is 2. The summed E-state index contributed by atoms with van der Waals surface area (Å²) in [5.74, 6) is -2.57. The first kappa shape index (κ1) is 10.9. The van der Waals surface area contributed by atoms with Crippen LogP contribution in [-0.2, 0) is 9.59 Å². The number of carboxylic acid groups (broad SMARTS) is 2. The van der Waals surface area contributed by atoms with E-state index in [0.29, 0.717) is 6.08 Å². The van der Waals surface area contributed by atoms with Gasteiger partial charge in [0, 0.05) is 17.0 Å². The molecular weight excluding hydrogens is 222 g/mol. The maximum absolute atomic E-state index is 11.0. The normalized spacial score (nSPS) is 11.6. The van der Waals surface area contributed by atoms with Crippen molar-refractivity contribution in [2.75, 3.05) is 0 Å². The topological polar surface area (TPSA) is 90.4 Å². The molecule has 0 bridgehead atoms. The lowest BCUT2D eigenvalue weighted by Gasteiger charge is -1.96. The number of aliphatic carboxylic acids is 2. The van der Waals surface area contributed by atoms with Crippen molar-refractivity contribution < 1.29 is 19.8 Å². The van der Waals surface area contributed by atoms with E-state index in [9.17, 15) is 9.59 Å². The molecule has 1 aromatic carbocycles. The van der Waals surface area contributed by atoms with E-state index in [1.165, 1.54) is 0 Å². The van der Waals surface area contributed by atoms with E-state index in [-0.39, 0.29) is 11.3 Å². The number of hydrogen-bond acceptors (Lipinski definition) is 2. The summed E-state index contributed by atoms with van der Waals surface area (Å²) in [6.45, 7) is 0. The van der Waals surface area contributed by atoms with Gasteiger partial charge < -0.3 is 15.2 Å². The Balaban J connectivity index is 2.57. The van der Waals surface area contributed by atoms with Crippen molar-refractivity contribution in [2.24, 2.45) is 0 Å². The molecule has 1 heterocycles. The molecule has 0 atom stereocenters. The molecule has 0 saturated carbocycles. The van der Waals surface area contributed by atoms with E-state index in [0.717, 1.165) is 10.9 Å². The minimum absolute atomic E-state index is 0.270. The molecule has 2 rings (SSSR count). The van der Waals surface area contributed by atoms with Crippen molar-refractivity contribution in [3.63, 3.8) is 0 Å². The van der Waals surface area contributed by atoms with Gasteiger partial charge in [-0.1, -0.05) is 18.2 Å². The van der Waals surface area contributed by atoms with Crippen LogP contribution in [0.4, 0.5) is 0 Å². The van der Waals surface area contributed by atoms with Crippen LogP contribution in [0.2, 0.25) is 0 Å². The van der Waals surface area contributed by atoms with Crippen LogP contribution in [0.3, 0.4) is 0 Å². The Hall–Kier alpha value is -2.56. The van der Waals surface area contributed by atoms with Gasteiger partial charge in [-0.3, -0.25) is 0 Å². The van der Waals surface area contributed by atoms with Gasteiger partial charge >= 0.3 is 11.9 Å². The highest BCUT2D eigenvalue weighted by molar-refractivity contribution is 6.19. The van der Waals surface area contributed by atoms with Crippen LogP contribution in [0.15, 0.2) is 36.4 Å². The number of aromatic amines is 1. The fourth-order valence-corrected chi connectivity index (χ4v) is 1.60. The SMILES string of the molecule is O=C(O)C=C(C(=O)O)c1cc2ccccc2[nH]1.